The number of aliphatic imine (C=N–C) groups is 1. The Balaban J connectivity index is 1.82. The van der Waals surface area contributed by atoms with Gasteiger partial charge in [0.05, 0.1) is 0 Å². The molecule has 0 bridgehead atoms. The van der Waals surface area contributed by atoms with E-state index in [1.807, 2.05) is 30.3 Å². The smallest absolute Gasteiger partial charge is 0.221 e. The third-order valence-electron chi connectivity index (χ3n) is 3.58. The SMILES string of the molecule is CN=C(NCCc1ccccc1F)NCc1cccc(NC(C)=O)c1. The first-order chi connectivity index (χ1) is 12.1. The van der Waals surface area contributed by atoms with E-state index in [2.05, 4.69) is 20.9 Å². The molecule has 6 heteroatoms. The van der Waals surface area contributed by atoms with Crippen molar-refractivity contribution in [3.63, 3.8) is 0 Å². The van der Waals surface area contributed by atoms with Crippen molar-refractivity contribution < 1.29 is 9.18 Å². The number of carbonyl (C=O) groups excluding carboxylic acids is 1. The van der Waals surface area contributed by atoms with Gasteiger partial charge in [0.25, 0.3) is 0 Å². The number of nitrogens with one attached hydrogen (secondary N) is 3. The highest BCUT2D eigenvalue weighted by Crippen LogP contribution is 2.10. The lowest BCUT2D eigenvalue weighted by Crippen LogP contribution is -2.37. The van der Waals surface area contributed by atoms with Crippen LogP contribution in [0.3, 0.4) is 0 Å². The molecule has 0 radical (unpaired) electrons. The average molecular weight is 342 g/mol. The van der Waals surface area contributed by atoms with E-state index in [1.165, 1.54) is 13.0 Å². The molecule has 0 saturated carbocycles. The van der Waals surface area contributed by atoms with E-state index in [1.54, 1.807) is 19.2 Å². The van der Waals surface area contributed by atoms with Crippen LogP contribution in [0.25, 0.3) is 0 Å². The number of guanidine groups is 1. The Labute approximate surface area is 147 Å². The van der Waals surface area contributed by atoms with Crippen molar-refractivity contribution >= 4 is 17.6 Å². The van der Waals surface area contributed by atoms with E-state index in [0.29, 0.717) is 31.0 Å². The van der Waals surface area contributed by atoms with Crippen LogP contribution in [0.4, 0.5) is 10.1 Å². The fraction of sp³-hybridized carbons (Fsp3) is 0.263. The molecule has 1 amide bonds. The molecule has 25 heavy (non-hydrogen) atoms. The second kappa shape index (κ2) is 9.42. The normalized spacial score (nSPS) is 11.1. The zero-order chi connectivity index (χ0) is 18.1. The largest absolute Gasteiger partial charge is 0.356 e. The summed E-state index contributed by atoms with van der Waals surface area (Å²) in [6.07, 6.45) is 0.575. The Morgan fingerprint density at radius 3 is 2.64 bits per heavy atom. The minimum absolute atomic E-state index is 0.101. The van der Waals surface area contributed by atoms with Gasteiger partial charge in [-0.25, -0.2) is 4.39 Å². The van der Waals surface area contributed by atoms with Crippen molar-refractivity contribution in [2.45, 2.75) is 19.9 Å². The summed E-state index contributed by atoms with van der Waals surface area (Å²) in [5.41, 5.74) is 2.45. The zero-order valence-electron chi connectivity index (χ0n) is 14.5. The molecule has 0 aliphatic carbocycles. The number of carbonyl (C=O) groups is 1. The maximum atomic E-state index is 13.6. The minimum atomic E-state index is -0.193. The molecule has 0 aliphatic rings. The second-order valence-electron chi connectivity index (χ2n) is 5.58. The lowest BCUT2D eigenvalue weighted by atomic mass is 10.1. The van der Waals surface area contributed by atoms with Crippen molar-refractivity contribution in [3.05, 3.63) is 65.5 Å². The topological polar surface area (TPSA) is 65.5 Å². The highest BCUT2D eigenvalue weighted by molar-refractivity contribution is 5.88. The van der Waals surface area contributed by atoms with E-state index in [4.69, 9.17) is 0 Å². The van der Waals surface area contributed by atoms with E-state index in [9.17, 15) is 9.18 Å². The minimum Gasteiger partial charge on any atom is -0.356 e. The molecule has 2 rings (SSSR count). The van der Waals surface area contributed by atoms with E-state index in [0.717, 1.165) is 11.3 Å². The van der Waals surface area contributed by atoms with E-state index >= 15 is 0 Å². The molecule has 132 valence electrons. The number of hydrogen-bond acceptors (Lipinski definition) is 2. The van der Waals surface area contributed by atoms with Crippen molar-refractivity contribution in [2.75, 3.05) is 18.9 Å². The Hall–Kier alpha value is -2.89. The van der Waals surface area contributed by atoms with Crippen LogP contribution in [0.15, 0.2) is 53.5 Å². The molecule has 0 aromatic heterocycles. The van der Waals surface area contributed by atoms with Crippen LogP contribution in [0, 0.1) is 5.82 Å². The molecule has 0 fully saturated rings. The molecule has 5 nitrogen and oxygen atoms in total. The number of hydrogen-bond donors (Lipinski definition) is 3. The molecule has 0 unspecified atom stereocenters. The van der Waals surface area contributed by atoms with Gasteiger partial charge in [-0.05, 0) is 35.7 Å². The third-order valence-corrected chi connectivity index (χ3v) is 3.58. The molecule has 0 atom stereocenters. The third kappa shape index (κ3) is 6.25. The number of nitrogens with zero attached hydrogens (tertiary/aromatic N) is 1. The van der Waals surface area contributed by atoms with Gasteiger partial charge in [0, 0.05) is 32.7 Å². The molecular formula is C19H23FN4O. The number of amides is 1. The Bertz CT molecular complexity index is 746. The Morgan fingerprint density at radius 1 is 1.12 bits per heavy atom. The standard InChI is InChI=1S/C19H23FN4O/c1-14(25)24-17-8-5-6-15(12-17)13-23-19(21-2)22-11-10-16-7-3-4-9-18(16)20/h3-9,12H,10-11,13H2,1-2H3,(H,24,25)(H2,21,22,23). The Morgan fingerprint density at radius 2 is 1.92 bits per heavy atom. The second-order valence-corrected chi connectivity index (χ2v) is 5.58. The highest BCUT2D eigenvalue weighted by atomic mass is 19.1. The Kier molecular flexibility index (Phi) is 6.95. The summed E-state index contributed by atoms with van der Waals surface area (Å²) in [5.74, 6) is 0.346. The van der Waals surface area contributed by atoms with E-state index in [-0.39, 0.29) is 11.7 Å². The first-order valence-corrected chi connectivity index (χ1v) is 8.13. The quantitative estimate of drug-likeness (QED) is 0.559. The van der Waals surface area contributed by atoms with Gasteiger partial charge >= 0.3 is 0 Å². The first kappa shape index (κ1) is 18.4. The molecule has 0 saturated heterocycles. The van der Waals surface area contributed by atoms with Gasteiger partial charge in [0.2, 0.25) is 5.91 Å². The number of benzene rings is 2. The summed E-state index contributed by atoms with van der Waals surface area (Å²) in [4.78, 5) is 15.3. The van der Waals surface area contributed by atoms with Crippen LogP contribution < -0.4 is 16.0 Å². The summed E-state index contributed by atoms with van der Waals surface area (Å²) in [5, 5.41) is 9.12. The number of halogens is 1. The van der Waals surface area contributed by atoms with Gasteiger partial charge in [-0.1, -0.05) is 30.3 Å². The zero-order valence-corrected chi connectivity index (χ0v) is 14.5. The molecule has 0 spiro atoms. The fourth-order valence-electron chi connectivity index (χ4n) is 2.39. The summed E-state index contributed by atoms with van der Waals surface area (Å²) in [6.45, 7) is 2.62. The predicted molar refractivity (Wildman–Crippen MR) is 99.1 cm³/mol. The lowest BCUT2D eigenvalue weighted by Gasteiger charge is -2.13. The van der Waals surface area contributed by atoms with Crippen LogP contribution in [-0.2, 0) is 17.8 Å². The van der Waals surface area contributed by atoms with Gasteiger partial charge in [-0.15, -0.1) is 0 Å². The molecule has 2 aromatic carbocycles. The van der Waals surface area contributed by atoms with Crippen LogP contribution in [0.2, 0.25) is 0 Å². The average Bonchev–Trinajstić information content (AvgIpc) is 2.59. The van der Waals surface area contributed by atoms with Crippen molar-refractivity contribution in [1.29, 1.82) is 0 Å². The van der Waals surface area contributed by atoms with Crippen molar-refractivity contribution in [2.24, 2.45) is 4.99 Å². The van der Waals surface area contributed by atoms with Gasteiger partial charge in [-0.2, -0.15) is 0 Å². The maximum absolute atomic E-state index is 13.6. The number of rotatable bonds is 6. The van der Waals surface area contributed by atoms with Crippen LogP contribution in [-0.4, -0.2) is 25.5 Å². The van der Waals surface area contributed by atoms with Gasteiger partial charge < -0.3 is 16.0 Å². The van der Waals surface area contributed by atoms with Crippen molar-refractivity contribution in [3.8, 4) is 0 Å². The molecular weight excluding hydrogens is 319 g/mol. The predicted octanol–water partition coefficient (Wildman–Crippen LogP) is 2.69. The molecule has 2 aromatic rings. The summed E-state index contributed by atoms with van der Waals surface area (Å²) in [6, 6.07) is 14.3. The molecule has 3 N–H and O–H groups in total. The van der Waals surface area contributed by atoms with Crippen molar-refractivity contribution in [1.82, 2.24) is 10.6 Å². The summed E-state index contributed by atoms with van der Waals surface area (Å²) < 4.78 is 13.6. The summed E-state index contributed by atoms with van der Waals surface area (Å²) in [7, 11) is 1.69. The van der Waals surface area contributed by atoms with Gasteiger partial charge in [-0.3, -0.25) is 9.79 Å². The highest BCUT2D eigenvalue weighted by Gasteiger charge is 2.03. The lowest BCUT2D eigenvalue weighted by molar-refractivity contribution is -0.114. The summed E-state index contributed by atoms with van der Waals surface area (Å²) >= 11 is 0. The van der Waals surface area contributed by atoms with E-state index < -0.39 is 0 Å². The molecule has 0 aliphatic heterocycles. The van der Waals surface area contributed by atoms with Gasteiger partial charge in [0.15, 0.2) is 5.96 Å². The molecule has 0 heterocycles. The van der Waals surface area contributed by atoms with Crippen LogP contribution in [0.1, 0.15) is 18.1 Å². The van der Waals surface area contributed by atoms with Gasteiger partial charge in [0.1, 0.15) is 5.82 Å². The maximum Gasteiger partial charge on any atom is 0.221 e. The van der Waals surface area contributed by atoms with Crippen LogP contribution >= 0.6 is 0 Å². The number of anilines is 1. The van der Waals surface area contributed by atoms with Crippen LogP contribution in [0.5, 0.6) is 0 Å². The fourth-order valence-corrected chi connectivity index (χ4v) is 2.39. The monoisotopic (exact) mass is 342 g/mol. The first-order valence-electron chi connectivity index (χ1n) is 8.13.